The molecule has 0 spiro atoms. The minimum atomic E-state index is 1.15. The monoisotopic (exact) mass is 712 g/mol. The van der Waals surface area contributed by atoms with Gasteiger partial charge in [0.2, 0.25) is 0 Å². The van der Waals surface area contributed by atoms with Crippen molar-refractivity contribution in [3.63, 3.8) is 0 Å². The van der Waals surface area contributed by atoms with Gasteiger partial charge in [-0.15, -0.1) is 0 Å². The second-order valence-corrected chi connectivity index (χ2v) is 14.6. The van der Waals surface area contributed by atoms with Crippen LogP contribution in [-0.4, -0.2) is 9.13 Å². The van der Waals surface area contributed by atoms with E-state index in [1.807, 2.05) is 0 Å². The fourth-order valence-corrected chi connectivity index (χ4v) is 8.73. The molecule has 2 heterocycles. The van der Waals surface area contributed by atoms with Gasteiger partial charge >= 0.3 is 0 Å². The van der Waals surface area contributed by atoms with Crippen molar-refractivity contribution in [1.29, 1.82) is 0 Å². The van der Waals surface area contributed by atoms with Crippen LogP contribution in [0.25, 0.3) is 99.5 Å². The summed E-state index contributed by atoms with van der Waals surface area (Å²) in [6.45, 7) is 0. The molecule has 2 aromatic heterocycles. The summed E-state index contributed by atoms with van der Waals surface area (Å²) < 4.78 is 4.86. The Labute approximate surface area is 325 Å². The molecule has 0 aliphatic carbocycles. The molecule has 0 bridgehead atoms. The maximum Gasteiger partial charge on any atom is 0.0547 e. The van der Waals surface area contributed by atoms with Crippen molar-refractivity contribution in [3.05, 3.63) is 218 Å². The molecule has 262 valence electrons. The molecule has 0 N–H and O–H groups in total. The molecule has 0 radical (unpaired) electrons. The quantitative estimate of drug-likeness (QED) is 0.162. The van der Waals surface area contributed by atoms with Gasteiger partial charge in [-0.3, -0.25) is 0 Å². The summed E-state index contributed by atoms with van der Waals surface area (Å²) in [6.07, 6.45) is 0. The minimum Gasteiger partial charge on any atom is -0.309 e. The lowest BCUT2D eigenvalue weighted by atomic mass is 9.97. The Kier molecular flexibility index (Phi) is 7.53. The second kappa shape index (κ2) is 13.2. The van der Waals surface area contributed by atoms with Crippen molar-refractivity contribution in [3.8, 4) is 55.9 Å². The predicted molar refractivity (Wildman–Crippen MR) is 237 cm³/mol. The van der Waals surface area contributed by atoms with Crippen LogP contribution in [0.1, 0.15) is 0 Å². The van der Waals surface area contributed by atoms with E-state index in [1.165, 1.54) is 88.1 Å². The molecule has 2 nitrogen and oxygen atoms in total. The molecule has 0 saturated heterocycles. The Balaban J connectivity index is 1.10. The fourth-order valence-electron chi connectivity index (χ4n) is 8.73. The van der Waals surface area contributed by atoms with Crippen molar-refractivity contribution in [2.45, 2.75) is 0 Å². The van der Waals surface area contributed by atoms with Gasteiger partial charge in [-0.1, -0.05) is 158 Å². The van der Waals surface area contributed by atoms with E-state index in [9.17, 15) is 0 Å². The highest BCUT2D eigenvalue weighted by Gasteiger charge is 2.19. The summed E-state index contributed by atoms with van der Waals surface area (Å²) in [7, 11) is 0. The molecule has 0 atom stereocenters. The van der Waals surface area contributed by atoms with Crippen LogP contribution in [0.4, 0.5) is 0 Å². The Morgan fingerprint density at radius 1 is 0.232 bits per heavy atom. The zero-order valence-electron chi connectivity index (χ0n) is 30.7. The van der Waals surface area contributed by atoms with Crippen LogP contribution in [-0.2, 0) is 0 Å². The van der Waals surface area contributed by atoms with E-state index < -0.39 is 0 Å². The van der Waals surface area contributed by atoms with Gasteiger partial charge in [-0.25, -0.2) is 0 Å². The van der Waals surface area contributed by atoms with E-state index in [4.69, 9.17) is 0 Å². The van der Waals surface area contributed by atoms with Gasteiger partial charge in [0.05, 0.1) is 22.1 Å². The van der Waals surface area contributed by atoms with Gasteiger partial charge in [0.15, 0.2) is 0 Å². The molecule has 9 aromatic carbocycles. The average molecular weight is 713 g/mol. The molecule has 2 heteroatoms. The maximum atomic E-state index is 2.44. The van der Waals surface area contributed by atoms with Gasteiger partial charge in [0.25, 0.3) is 0 Å². The first-order valence-corrected chi connectivity index (χ1v) is 19.3. The number of hydrogen-bond acceptors (Lipinski definition) is 0. The molecule has 0 fully saturated rings. The highest BCUT2D eigenvalue weighted by molar-refractivity contribution is 6.17. The maximum absolute atomic E-state index is 2.44. The van der Waals surface area contributed by atoms with E-state index in [1.54, 1.807) is 0 Å². The molecule has 0 amide bonds. The van der Waals surface area contributed by atoms with Gasteiger partial charge in [-0.05, 0) is 105 Å². The summed E-state index contributed by atoms with van der Waals surface area (Å²) in [6, 6.07) is 79.4. The Bertz CT molecular complexity index is 3150. The lowest BCUT2D eigenvalue weighted by Crippen LogP contribution is -1.96. The zero-order chi connectivity index (χ0) is 37.0. The third-order valence-corrected chi connectivity index (χ3v) is 11.3. The van der Waals surface area contributed by atoms with E-state index in [-0.39, 0.29) is 0 Å². The topological polar surface area (TPSA) is 9.86 Å². The summed E-state index contributed by atoms with van der Waals surface area (Å²) in [5, 5.41) is 4.99. The number of benzene rings is 9. The van der Waals surface area contributed by atoms with Gasteiger partial charge in [-0.2, -0.15) is 0 Å². The van der Waals surface area contributed by atoms with Gasteiger partial charge in [0.1, 0.15) is 0 Å². The summed E-state index contributed by atoms with van der Waals surface area (Å²) in [5.41, 5.74) is 16.7. The highest BCUT2D eigenvalue weighted by atomic mass is 15.0. The molecule has 0 aliphatic heterocycles. The molecule has 11 aromatic rings. The van der Waals surface area contributed by atoms with E-state index in [2.05, 4.69) is 228 Å². The van der Waals surface area contributed by atoms with Crippen LogP contribution in [0.3, 0.4) is 0 Å². The smallest absolute Gasteiger partial charge is 0.0547 e. The number of para-hydroxylation sites is 2. The Morgan fingerprint density at radius 2 is 0.696 bits per heavy atom. The van der Waals surface area contributed by atoms with Crippen molar-refractivity contribution in [2.24, 2.45) is 0 Å². The highest BCUT2D eigenvalue weighted by Crippen LogP contribution is 2.42. The Morgan fingerprint density at radius 3 is 1.34 bits per heavy atom. The zero-order valence-corrected chi connectivity index (χ0v) is 30.7. The SMILES string of the molecule is c1ccc(-c2ccc(-n3c4ccccc4c4c(-c5ccc6c(c5)c5ccccc5n6-c5cc(-c6ccccc6)cc(-c6ccccc6)c5)cccc43)cc2)cc1. The molecule has 11 rings (SSSR count). The second-order valence-electron chi connectivity index (χ2n) is 14.6. The summed E-state index contributed by atoms with van der Waals surface area (Å²) in [5.74, 6) is 0. The number of rotatable bonds is 6. The third kappa shape index (κ3) is 5.26. The van der Waals surface area contributed by atoms with Crippen LogP contribution >= 0.6 is 0 Å². The average Bonchev–Trinajstić information content (AvgIpc) is 3.80. The minimum absolute atomic E-state index is 1.15. The number of hydrogen-bond donors (Lipinski definition) is 0. The van der Waals surface area contributed by atoms with E-state index in [0.29, 0.717) is 0 Å². The van der Waals surface area contributed by atoms with Gasteiger partial charge in [0, 0.05) is 32.9 Å². The van der Waals surface area contributed by atoms with Crippen LogP contribution in [0.5, 0.6) is 0 Å². The molecule has 0 unspecified atom stereocenters. The number of fused-ring (bicyclic) bond motifs is 6. The molecule has 0 saturated carbocycles. The molecule has 0 aliphatic rings. The first kappa shape index (κ1) is 32.0. The van der Waals surface area contributed by atoms with E-state index >= 15 is 0 Å². The molecular formula is C54H36N2. The van der Waals surface area contributed by atoms with Crippen molar-refractivity contribution >= 4 is 43.6 Å². The third-order valence-electron chi connectivity index (χ3n) is 11.3. The Hall–Kier alpha value is -7.42. The lowest BCUT2D eigenvalue weighted by molar-refractivity contribution is 1.18. The number of aromatic nitrogens is 2. The number of nitrogens with zero attached hydrogens (tertiary/aromatic N) is 2. The summed E-state index contributed by atoms with van der Waals surface area (Å²) >= 11 is 0. The molecular weight excluding hydrogens is 677 g/mol. The van der Waals surface area contributed by atoms with Crippen LogP contribution in [0, 0.1) is 0 Å². The van der Waals surface area contributed by atoms with Crippen LogP contribution < -0.4 is 0 Å². The van der Waals surface area contributed by atoms with Crippen molar-refractivity contribution in [1.82, 2.24) is 9.13 Å². The fraction of sp³-hybridized carbons (Fsp3) is 0. The first-order chi connectivity index (χ1) is 27.8. The standard InChI is InChI=1S/C54H36N2/c1-4-15-37(16-5-1)40-27-30-44(31-28-40)55-51-25-13-11-22-48(51)54-46(23-14-26-53(54)55)41-29-32-52-49(36-41)47-21-10-12-24-50(47)56(52)45-34-42(38-17-6-2-7-18-38)33-43(35-45)39-19-8-3-9-20-39/h1-36H. The van der Waals surface area contributed by atoms with Crippen molar-refractivity contribution < 1.29 is 0 Å². The molecule has 56 heavy (non-hydrogen) atoms. The van der Waals surface area contributed by atoms with Crippen LogP contribution in [0.2, 0.25) is 0 Å². The first-order valence-electron chi connectivity index (χ1n) is 19.3. The van der Waals surface area contributed by atoms with Crippen molar-refractivity contribution in [2.75, 3.05) is 0 Å². The van der Waals surface area contributed by atoms with Gasteiger partial charge < -0.3 is 9.13 Å². The van der Waals surface area contributed by atoms with E-state index in [0.717, 1.165) is 11.4 Å². The normalized spacial score (nSPS) is 11.6. The summed E-state index contributed by atoms with van der Waals surface area (Å²) in [4.78, 5) is 0. The predicted octanol–water partition coefficient (Wildman–Crippen LogP) is 14.5. The largest absolute Gasteiger partial charge is 0.309 e. The van der Waals surface area contributed by atoms with Crippen LogP contribution in [0.15, 0.2) is 218 Å². The lowest BCUT2D eigenvalue weighted by Gasteiger charge is -2.14.